The van der Waals surface area contributed by atoms with Crippen LogP contribution in [-0.4, -0.2) is 28.7 Å². The Balaban J connectivity index is 0.000000810. The largest absolute Gasteiger partial charge is 2.00 e. The van der Waals surface area contributed by atoms with E-state index in [0.717, 1.165) is 12.8 Å². The molecule has 0 saturated heterocycles. The molecule has 3 nitrogen and oxygen atoms in total. The van der Waals surface area contributed by atoms with Gasteiger partial charge in [-0.15, -0.1) is 0 Å². The van der Waals surface area contributed by atoms with Crippen molar-refractivity contribution in [3.05, 3.63) is 0 Å². The summed E-state index contributed by atoms with van der Waals surface area (Å²) in [6.07, 6.45) is 2.98. The van der Waals surface area contributed by atoms with E-state index in [1.807, 2.05) is 0 Å². The molecule has 1 aliphatic carbocycles. The molecule has 1 rings (SSSR count). The Bertz CT molecular complexity index is 138. The summed E-state index contributed by atoms with van der Waals surface area (Å²) in [6.45, 7) is 0. The molecule has 0 heterocycles. The molecule has 0 aromatic rings. The first-order valence-corrected chi connectivity index (χ1v) is 4.73. The molecule has 0 aromatic carbocycles. The van der Waals surface area contributed by atoms with Gasteiger partial charge < -0.3 is 14.4 Å². The molecule has 0 radical (unpaired) electrons. The maximum absolute atomic E-state index is 10.3. The van der Waals surface area contributed by atoms with Crippen molar-refractivity contribution in [2.45, 2.75) is 31.3 Å². The molecule has 1 saturated carbocycles. The van der Waals surface area contributed by atoms with Gasteiger partial charge in [0.15, 0.2) is 0 Å². The van der Waals surface area contributed by atoms with Crippen LogP contribution in [0.1, 0.15) is 25.7 Å². The maximum Gasteiger partial charge on any atom is 2.00 e. The Labute approximate surface area is 76.5 Å². The smallest absolute Gasteiger partial charge is 0.811 e. The van der Waals surface area contributed by atoms with Gasteiger partial charge in [0.2, 0.25) is 0 Å². The zero-order valence-electron chi connectivity index (χ0n) is 5.78. The van der Waals surface area contributed by atoms with Crippen LogP contribution in [0.25, 0.3) is 0 Å². The zero-order chi connectivity index (χ0) is 6.91. The van der Waals surface area contributed by atoms with Crippen LogP contribution in [0.4, 0.5) is 0 Å². The predicted octanol–water partition coefficient (Wildman–Crippen LogP) is -0.538. The third kappa shape index (κ3) is 2.89. The molecular formula is C5H9MgO3P. The fourth-order valence-electron chi connectivity index (χ4n) is 1.22. The van der Waals surface area contributed by atoms with Crippen LogP contribution in [0, 0.1) is 0 Å². The van der Waals surface area contributed by atoms with Gasteiger partial charge in [0, 0.05) is 0 Å². The van der Waals surface area contributed by atoms with Gasteiger partial charge in [0.1, 0.15) is 0 Å². The van der Waals surface area contributed by atoms with Crippen molar-refractivity contribution < 1.29 is 14.4 Å². The first kappa shape index (κ1) is 10.9. The molecular weight excluding hydrogens is 163 g/mol. The first-order valence-electron chi connectivity index (χ1n) is 3.12. The molecule has 0 amide bonds. The minimum atomic E-state index is -4.21. The number of hydrogen-bond donors (Lipinski definition) is 0. The second-order valence-corrected chi connectivity index (χ2v) is 4.29. The maximum atomic E-state index is 10.3. The standard InChI is InChI=1S/C5H11O3P.Mg/c6-9(7,8)5-3-1-2-4-5;/h5H,1-4H2,(H2,6,7,8);/q;+2/p-2. The van der Waals surface area contributed by atoms with Crippen LogP contribution in [0.15, 0.2) is 0 Å². The summed E-state index contributed by atoms with van der Waals surface area (Å²) in [5, 5.41) is 0. The summed E-state index contributed by atoms with van der Waals surface area (Å²) < 4.78 is 10.3. The van der Waals surface area contributed by atoms with Crippen molar-refractivity contribution in [1.29, 1.82) is 0 Å². The second kappa shape index (κ2) is 4.07. The molecule has 0 aliphatic heterocycles. The van der Waals surface area contributed by atoms with Crippen molar-refractivity contribution >= 4 is 30.6 Å². The molecule has 0 bridgehead atoms. The van der Waals surface area contributed by atoms with Gasteiger partial charge in [0.05, 0.1) is 0 Å². The van der Waals surface area contributed by atoms with Crippen molar-refractivity contribution in [1.82, 2.24) is 0 Å². The molecule has 54 valence electrons. The summed E-state index contributed by atoms with van der Waals surface area (Å²) in [7, 11) is -4.21. The van der Waals surface area contributed by atoms with Crippen LogP contribution >= 0.6 is 7.60 Å². The number of rotatable bonds is 1. The van der Waals surface area contributed by atoms with E-state index in [4.69, 9.17) is 0 Å². The number of hydrogen-bond acceptors (Lipinski definition) is 3. The van der Waals surface area contributed by atoms with E-state index in [-0.39, 0.29) is 23.1 Å². The van der Waals surface area contributed by atoms with Crippen molar-refractivity contribution in [2.24, 2.45) is 0 Å². The van der Waals surface area contributed by atoms with Crippen LogP contribution in [0.3, 0.4) is 0 Å². The van der Waals surface area contributed by atoms with Crippen LogP contribution in [-0.2, 0) is 4.57 Å². The Morgan fingerprint density at radius 3 is 1.80 bits per heavy atom. The van der Waals surface area contributed by atoms with Gasteiger partial charge in [-0.25, -0.2) is 0 Å². The van der Waals surface area contributed by atoms with Crippen LogP contribution in [0.2, 0.25) is 0 Å². The van der Waals surface area contributed by atoms with Crippen molar-refractivity contribution in [2.75, 3.05) is 0 Å². The van der Waals surface area contributed by atoms with Crippen LogP contribution in [0.5, 0.6) is 0 Å². The third-order valence-electron chi connectivity index (χ3n) is 1.77. The fourth-order valence-corrected chi connectivity index (χ4v) is 2.22. The molecule has 0 spiro atoms. The van der Waals surface area contributed by atoms with Gasteiger partial charge in [0.25, 0.3) is 0 Å². The van der Waals surface area contributed by atoms with Gasteiger partial charge in [-0.1, -0.05) is 20.4 Å². The SMILES string of the molecule is O=P([O-])([O-])C1CCCC1.[Mg+2]. The van der Waals surface area contributed by atoms with E-state index in [2.05, 4.69) is 0 Å². The second-order valence-electron chi connectivity index (χ2n) is 2.48. The average molecular weight is 172 g/mol. The van der Waals surface area contributed by atoms with E-state index in [0.29, 0.717) is 12.8 Å². The fraction of sp³-hybridized carbons (Fsp3) is 1.00. The van der Waals surface area contributed by atoms with Crippen LogP contribution < -0.4 is 9.79 Å². The quantitative estimate of drug-likeness (QED) is 0.394. The molecule has 10 heavy (non-hydrogen) atoms. The van der Waals surface area contributed by atoms with E-state index < -0.39 is 13.3 Å². The van der Waals surface area contributed by atoms with E-state index in [9.17, 15) is 14.4 Å². The van der Waals surface area contributed by atoms with E-state index >= 15 is 0 Å². The first-order chi connectivity index (χ1) is 4.11. The Morgan fingerprint density at radius 2 is 1.60 bits per heavy atom. The Morgan fingerprint density at radius 1 is 1.20 bits per heavy atom. The summed E-state index contributed by atoms with van der Waals surface area (Å²) in [5.74, 6) is 0. The summed E-state index contributed by atoms with van der Waals surface area (Å²) in [6, 6.07) is 0. The van der Waals surface area contributed by atoms with Gasteiger partial charge in [-0.3, -0.25) is 0 Å². The minimum Gasteiger partial charge on any atom is -0.811 e. The topological polar surface area (TPSA) is 63.2 Å². The van der Waals surface area contributed by atoms with E-state index in [1.165, 1.54) is 0 Å². The third-order valence-corrected chi connectivity index (χ3v) is 3.18. The Kier molecular flexibility index (Phi) is 4.44. The summed E-state index contributed by atoms with van der Waals surface area (Å²) in [5.41, 5.74) is -0.544. The summed E-state index contributed by atoms with van der Waals surface area (Å²) in [4.78, 5) is 20.6. The van der Waals surface area contributed by atoms with Crippen molar-refractivity contribution in [3.63, 3.8) is 0 Å². The zero-order valence-corrected chi connectivity index (χ0v) is 8.09. The molecule has 5 heteroatoms. The minimum absolute atomic E-state index is 0. The molecule has 1 fully saturated rings. The average Bonchev–Trinajstić information content (AvgIpc) is 2.08. The van der Waals surface area contributed by atoms with E-state index in [1.54, 1.807) is 0 Å². The molecule has 0 aromatic heterocycles. The molecule has 1 aliphatic rings. The van der Waals surface area contributed by atoms with Gasteiger partial charge >= 0.3 is 23.1 Å². The predicted molar refractivity (Wildman–Crippen MR) is 35.6 cm³/mol. The van der Waals surface area contributed by atoms with Gasteiger partial charge in [-0.2, -0.15) is 0 Å². The van der Waals surface area contributed by atoms with Crippen molar-refractivity contribution in [3.8, 4) is 0 Å². The molecule has 0 atom stereocenters. The van der Waals surface area contributed by atoms with Gasteiger partial charge in [-0.05, 0) is 18.5 Å². The normalized spacial score (nSPS) is 20.6. The Hall–Kier alpha value is 0.916. The molecule has 0 N–H and O–H groups in total. The summed E-state index contributed by atoms with van der Waals surface area (Å²) >= 11 is 0. The molecule has 0 unspecified atom stereocenters. The monoisotopic (exact) mass is 172 g/mol.